The van der Waals surface area contributed by atoms with E-state index in [1.54, 1.807) is 28.9 Å². The fraction of sp³-hybridized carbons (Fsp3) is 0.176. The van der Waals surface area contributed by atoms with Crippen molar-refractivity contribution in [1.29, 1.82) is 0 Å². The van der Waals surface area contributed by atoms with E-state index in [-0.39, 0.29) is 6.04 Å². The molecule has 0 aliphatic rings. The summed E-state index contributed by atoms with van der Waals surface area (Å²) in [4.78, 5) is 10.1. The SMILES string of the molecule is C[C@@H](NCc1coc(-c2cccs2)n1)c1cnc2ccsc2c1. The fourth-order valence-corrected chi connectivity index (χ4v) is 3.82. The van der Waals surface area contributed by atoms with Crippen LogP contribution in [0.25, 0.3) is 21.0 Å². The number of nitrogens with one attached hydrogen (secondary N) is 1. The summed E-state index contributed by atoms with van der Waals surface area (Å²) < 4.78 is 6.76. The van der Waals surface area contributed by atoms with Crippen LogP contribution >= 0.6 is 22.7 Å². The highest BCUT2D eigenvalue weighted by atomic mass is 32.1. The van der Waals surface area contributed by atoms with E-state index < -0.39 is 0 Å². The zero-order chi connectivity index (χ0) is 15.6. The van der Waals surface area contributed by atoms with E-state index in [2.05, 4.69) is 33.7 Å². The standard InChI is InChI=1S/C17H15N3OS2/c1-11(12-7-16-14(19-8-12)4-6-23-16)18-9-13-10-21-17(20-13)15-3-2-5-22-15/h2-8,10-11,18H,9H2,1H3/t11-/m1/s1. The molecule has 0 aliphatic carbocycles. The van der Waals surface area contributed by atoms with Crippen LogP contribution in [0.1, 0.15) is 24.2 Å². The molecule has 4 heterocycles. The molecule has 6 heteroatoms. The van der Waals surface area contributed by atoms with Crippen LogP contribution in [0, 0.1) is 0 Å². The predicted octanol–water partition coefficient (Wildman–Crippen LogP) is 4.86. The molecule has 1 atom stereocenters. The van der Waals surface area contributed by atoms with Gasteiger partial charge in [-0.25, -0.2) is 4.98 Å². The van der Waals surface area contributed by atoms with E-state index in [1.807, 2.05) is 29.8 Å². The molecule has 0 radical (unpaired) electrons. The summed E-state index contributed by atoms with van der Waals surface area (Å²) in [5.74, 6) is 0.686. The van der Waals surface area contributed by atoms with Crippen molar-refractivity contribution in [2.24, 2.45) is 0 Å². The second kappa shape index (κ2) is 6.23. The van der Waals surface area contributed by atoms with Crippen LogP contribution in [0.5, 0.6) is 0 Å². The highest BCUT2D eigenvalue weighted by Crippen LogP contribution is 2.25. The van der Waals surface area contributed by atoms with Gasteiger partial charge in [0.1, 0.15) is 6.26 Å². The largest absolute Gasteiger partial charge is 0.444 e. The van der Waals surface area contributed by atoms with Gasteiger partial charge in [-0.1, -0.05) is 6.07 Å². The summed E-state index contributed by atoms with van der Waals surface area (Å²) in [6, 6.07) is 8.46. The monoisotopic (exact) mass is 341 g/mol. The Balaban J connectivity index is 1.44. The lowest BCUT2D eigenvalue weighted by Gasteiger charge is -2.12. The van der Waals surface area contributed by atoms with Gasteiger partial charge in [-0.3, -0.25) is 4.98 Å². The Labute approximate surface area is 141 Å². The van der Waals surface area contributed by atoms with Crippen LogP contribution in [0.2, 0.25) is 0 Å². The zero-order valence-electron chi connectivity index (χ0n) is 12.5. The Morgan fingerprint density at radius 1 is 1.26 bits per heavy atom. The van der Waals surface area contributed by atoms with E-state index in [0.29, 0.717) is 12.4 Å². The molecule has 4 aromatic rings. The van der Waals surface area contributed by atoms with Crippen molar-refractivity contribution < 1.29 is 4.42 Å². The molecule has 0 aromatic carbocycles. The molecule has 0 saturated heterocycles. The van der Waals surface area contributed by atoms with Crippen LogP contribution in [0.3, 0.4) is 0 Å². The quantitative estimate of drug-likeness (QED) is 0.563. The van der Waals surface area contributed by atoms with Crippen molar-refractivity contribution in [2.75, 3.05) is 0 Å². The molecule has 0 aliphatic heterocycles. The van der Waals surface area contributed by atoms with E-state index >= 15 is 0 Å². The molecule has 1 N–H and O–H groups in total. The van der Waals surface area contributed by atoms with Gasteiger partial charge in [0.25, 0.3) is 0 Å². The maximum Gasteiger partial charge on any atom is 0.236 e. The van der Waals surface area contributed by atoms with Crippen molar-refractivity contribution in [3.63, 3.8) is 0 Å². The zero-order valence-corrected chi connectivity index (χ0v) is 14.2. The number of rotatable bonds is 5. The molecule has 4 nitrogen and oxygen atoms in total. The Hall–Kier alpha value is -2.02. The molecule has 116 valence electrons. The molecule has 23 heavy (non-hydrogen) atoms. The van der Waals surface area contributed by atoms with Gasteiger partial charge in [0.05, 0.1) is 20.8 Å². The van der Waals surface area contributed by atoms with Crippen molar-refractivity contribution in [2.45, 2.75) is 19.5 Å². The summed E-state index contributed by atoms with van der Waals surface area (Å²) in [5, 5.41) is 7.57. The summed E-state index contributed by atoms with van der Waals surface area (Å²) >= 11 is 3.35. The summed E-state index contributed by atoms with van der Waals surface area (Å²) in [7, 11) is 0. The van der Waals surface area contributed by atoms with Crippen LogP contribution in [0.15, 0.2) is 51.9 Å². The lowest BCUT2D eigenvalue weighted by atomic mass is 10.1. The number of hydrogen-bond donors (Lipinski definition) is 1. The first-order chi connectivity index (χ1) is 11.3. The third kappa shape index (κ3) is 3.06. The van der Waals surface area contributed by atoms with E-state index in [1.165, 1.54) is 10.3 Å². The smallest absolute Gasteiger partial charge is 0.236 e. The predicted molar refractivity (Wildman–Crippen MR) is 94.7 cm³/mol. The molecular formula is C17H15N3OS2. The number of nitrogens with zero attached hydrogens (tertiary/aromatic N) is 2. The number of hydrogen-bond acceptors (Lipinski definition) is 6. The van der Waals surface area contributed by atoms with Crippen LogP contribution in [0.4, 0.5) is 0 Å². The van der Waals surface area contributed by atoms with Crippen LogP contribution in [-0.4, -0.2) is 9.97 Å². The van der Waals surface area contributed by atoms with Gasteiger partial charge < -0.3 is 9.73 Å². The first-order valence-electron chi connectivity index (χ1n) is 7.34. The number of thiophene rings is 2. The third-order valence-electron chi connectivity index (χ3n) is 3.70. The second-order valence-electron chi connectivity index (χ2n) is 5.30. The van der Waals surface area contributed by atoms with Gasteiger partial charge in [-0.2, -0.15) is 0 Å². The Bertz CT molecular complexity index is 911. The highest BCUT2D eigenvalue weighted by molar-refractivity contribution is 7.17. The van der Waals surface area contributed by atoms with Crippen molar-refractivity contribution in [3.05, 3.63) is 58.7 Å². The number of oxazole rings is 1. The van der Waals surface area contributed by atoms with Gasteiger partial charge in [-0.05, 0) is 41.4 Å². The van der Waals surface area contributed by atoms with Gasteiger partial charge >= 0.3 is 0 Å². The molecule has 0 unspecified atom stereocenters. The maximum absolute atomic E-state index is 5.54. The average Bonchev–Trinajstić information content (AvgIpc) is 3.32. The Morgan fingerprint density at radius 3 is 3.09 bits per heavy atom. The minimum absolute atomic E-state index is 0.205. The molecular weight excluding hydrogens is 326 g/mol. The van der Waals surface area contributed by atoms with Gasteiger partial charge in [0.15, 0.2) is 0 Å². The molecule has 0 fully saturated rings. The third-order valence-corrected chi connectivity index (χ3v) is 5.41. The van der Waals surface area contributed by atoms with Crippen molar-refractivity contribution in [3.8, 4) is 10.8 Å². The molecule has 4 rings (SSSR count). The first-order valence-corrected chi connectivity index (χ1v) is 9.10. The number of fused-ring (bicyclic) bond motifs is 1. The lowest BCUT2D eigenvalue weighted by molar-refractivity contribution is 0.554. The van der Waals surface area contributed by atoms with Gasteiger partial charge in [-0.15, -0.1) is 22.7 Å². The summed E-state index contributed by atoms with van der Waals surface area (Å²) in [6.45, 7) is 2.80. The first kappa shape index (κ1) is 14.6. The topological polar surface area (TPSA) is 51.0 Å². The molecule has 4 aromatic heterocycles. The lowest BCUT2D eigenvalue weighted by Crippen LogP contribution is -2.18. The van der Waals surface area contributed by atoms with Crippen molar-refractivity contribution in [1.82, 2.24) is 15.3 Å². The minimum atomic E-state index is 0.205. The fourth-order valence-electron chi connectivity index (χ4n) is 2.38. The van der Waals surface area contributed by atoms with Crippen molar-refractivity contribution >= 4 is 32.9 Å². The molecule has 0 bridgehead atoms. The van der Waals surface area contributed by atoms with Crippen LogP contribution in [-0.2, 0) is 6.54 Å². The van der Waals surface area contributed by atoms with E-state index in [4.69, 9.17) is 4.42 Å². The average molecular weight is 341 g/mol. The highest BCUT2D eigenvalue weighted by Gasteiger charge is 2.10. The second-order valence-corrected chi connectivity index (χ2v) is 7.19. The van der Waals surface area contributed by atoms with Gasteiger partial charge in [0.2, 0.25) is 5.89 Å². The van der Waals surface area contributed by atoms with Crippen LogP contribution < -0.4 is 5.32 Å². The molecule has 0 spiro atoms. The van der Waals surface area contributed by atoms with Gasteiger partial charge in [0, 0.05) is 18.8 Å². The Kier molecular flexibility index (Phi) is 3.95. The minimum Gasteiger partial charge on any atom is -0.444 e. The Morgan fingerprint density at radius 2 is 2.22 bits per heavy atom. The van der Waals surface area contributed by atoms with E-state index in [9.17, 15) is 0 Å². The number of pyridine rings is 1. The molecule has 0 amide bonds. The maximum atomic E-state index is 5.54. The normalized spacial score (nSPS) is 12.7. The summed E-state index contributed by atoms with van der Waals surface area (Å²) in [5.41, 5.74) is 3.15. The van der Waals surface area contributed by atoms with E-state index in [0.717, 1.165) is 16.1 Å². The number of aromatic nitrogens is 2. The summed E-state index contributed by atoms with van der Waals surface area (Å²) in [6.07, 6.45) is 3.65. The molecule has 0 saturated carbocycles.